The normalized spacial score (nSPS) is 10.7. The first-order valence-corrected chi connectivity index (χ1v) is 10.6. The number of para-hydroxylation sites is 1. The zero-order chi connectivity index (χ0) is 25.8. The zero-order valence-corrected chi connectivity index (χ0v) is 19.1. The Balaban J connectivity index is 1.89. The molecule has 0 fully saturated rings. The molecule has 0 atom stereocenters. The second kappa shape index (κ2) is 10.3. The zero-order valence-electron chi connectivity index (χ0n) is 19.1. The fraction of sp³-hybridized carbons (Fsp3) is 0.115. The highest BCUT2D eigenvalue weighted by atomic mass is 19.1. The minimum absolute atomic E-state index is 0.0184. The third-order valence-corrected chi connectivity index (χ3v) is 5.25. The molecule has 0 aliphatic heterocycles. The topological polar surface area (TPSA) is 79.7 Å². The SMILES string of the molecule is COC(=O)c1c(-c2ccc(F)cc2OCc2ccc(F)cc2F)nn(-c2ccccc2)c1C(=O)OC. The molecule has 10 heteroatoms. The Labute approximate surface area is 203 Å². The predicted molar refractivity (Wildman–Crippen MR) is 122 cm³/mol. The number of carbonyl (C=O) groups is 2. The van der Waals surface area contributed by atoms with E-state index in [1.165, 1.54) is 16.8 Å². The number of aromatic nitrogens is 2. The smallest absolute Gasteiger partial charge is 0.357 e. The molecule has 0 unspecified atom stereocenters. The molecule has 1 heterocycles. The third-order valence-electron chi connectivity index (χ3n) is 5.25. The van der Waals surface area contributed by atoms with Gasteiger partial charge in [0.15, 0.2) is 5.69 Å². The van der Waals surface area contributed by atoms with Crippen molar-refractivity contribution in [3.05, 3.63) is 101 Å². The molecule has 3 aromatic carbocycles. The van der Waals surface area contributed by atoms with Crippen LogP contribution >= 0.6 is 0 Å². The van der Waals surface area contributed by atoms with Crippen LogP contribution in [-0.4, -0.2) is 35.9 Å². The largest absolute Gasteiger partial charge is 0.488 e. The summed E-state index contributed by atoms with van der Waals surface area (Å²) in [6, 6.07) is 14.9. The summed E-state index contributed by atoms with van der Waals surface area (Å²) in [5.74, 6) is -4.14. The van der Waals surface area contributed by atoms with Crippen molar-refractivity contribution in [2.75, 3.05) is 14.2 Å². The van der Waals surface area contributed by atoms with E-state index < -0.39 is 29.4 Å². The number of carbonyl (C=O) groups excluding carboxylic acids is 2. The van der Waals surface area contributed by atoms with Gasteiger partial charge in [-0.05, 0) is 36.4 Å². The highest BCUT2D eigenvalue weighted by Gasteiger charge is 2.32. The number of ether oxygens (including phenoxy) is 3. The van der Waals surface area contributed by atoms with Gasteiger partial charge in [-0.3, -0.25) is 0 Å². The lowest BCUT2D eigenvalue weighted by atomic mass is 10.0. The highest BCUT2D eigenvalue weighted by molar-refractivity contribution is 6.07. The molecule has 0 N–H and O–H groups in total. The molecule has 0 bridgehead atoms. The summed E-state index contributed by atoms with van der Waals surface area (Å²) in [7, 11) is 2.28. The number of halogens is 3. The van der Waals surface area contributed by atoms with Crippen molar-refractivity contribution in [2.24, 2.45) is 0 Å². The van der Waals surface area contributed by atoms with Gasteiger partial charge in [-0.25, -0.2) is 27.4 Å². The molecule has 7 nitrogen and oxygen atoms in total. The number of nitrogens with zero attached hydrogens (tertiary/aromatic N) is 2. The van der Waals surface area contributed by atoms with E-state index in [-0.39, 0.29) is 40.4 Å². The number of rotatable bonds is 7. The van der Waals surface area contributed by atoms with E-state index in [0.717, 1.165) is 32.4 Å². The molecule has 0 spiro atoms. The molecular formula is C26H19F3N2O5. The fourth-order valence-corrected chi connectivity index (χ4v) is 3.55. The van der Waals surface area contributed by atoms with Gasteiger partial charge in [-0.1, -0.05) is 18.2 Å². The van der Waals surface area contributed by atoms with Crippen molar-refractivity contribution in [3.63, 3.8) is 0 Å². The van der Waals surface area contributed by atoms with Crippen molar-refractivity contribution in [1.29, 1.82) is 0 Å². The van der Waals surface area contributed by atoms with Crippen LogP contribution in [0.5, 0.6) is 5.75 Å². The maximum atomic E-state index is 14.2. The van der Waals surface area contributed by atoms with Crippen molar-refractivity contribution in [1.82, 2.24) is 9.78 Å². The Morgan fingerprint density at radius 1 is 0.861 bits per heavy atom. The van der Waals surface area contributed by atoms with Crippen LogP contribution in [-0.2, 0) is 16.1 Å². The van der Waals surface area contributed by atoms with Crippen molar-refractivity contribution in [3.8, 4) is 22.7 Å². The van der Waals surface area contributed by atoms with Crippen LogP contribution in [0.3, 0.4) is 0 Å². The average molecular weight is 496 g/mol. The summed E-state index contributed by atoms with van der Waals surface area (Å²) < 4.78 is 58.2. The molecular weight excluding hydrogens is 477 g/mol. The van der Waals surface area contributed by atoms with Crippen molar-refractivity contribution < 1.29 is 37.0 Å². The summed E-state index contributed by atoms with van der Waals surface area (Å²) in [6.07, 6.45) is 0. The predicted octanol–water partition coefficient (Wildman–Crippen LogP) is 5.11. The maximum absolute atomic E-state index is 14.2. The van der Waals surface area contributed by atoms with Gasteiger partial charge in [0.25, 0.3) is 0 Å². The number of benzene rings is 3. The maximum Gasteiger partial charge on any atom is 0.357 e. The second-order valence-corrected chi connectivity index (χ2v) is 7.47. The van der Waals surface area contributed by atoms with E-state index >= 15 is 0 Å². The molecule has 4 aromatic rings. The molecule has 0 saturated heterocycles. The van der Waals surface area contributed by atoms with Gasteiger partial charge in [0, 0.05) is 23.3 Å². The molecule has 4 rings (SSSR count). The monoisotopic (exact) mass is 496 g/mol. The Morgan fingerprint density at radius 2 is 1.53 bits per heavy atom. The lowest BCUT2D eigenvalue weighted by Gasteiger charge is -2.12. The molecule has 0 aliphatic rings. The standard InChI is InChI=1S/C26H19F3N2O5/c1-34-25(32)22-23(30-31(24(22)26(33)35-2)18-6-4-3-5-7-18)19-11-10-17(28)13-21(19)36-14-15-8-9-16(27)12-20(15)29/h3-13H,14H2,1-2H3. The van der Waals surface area contributed by atoms with Gasteiger partial charge < -0.3 is 14.2 Å². The minimum Gasteiger partial charge on any atom is -0.488 e. The van der Waals surface area contributed by atoms with E-state index in [0.29, 0.717) is 11.8 Å². The van der Waals surface area contributed by atoms with Gasteiger partial charge in [0.05, 0.1) is 19.9 Å². The average Bonchev–Trinajstić information content (AvgIpc) is 3.28. The Hall–Kier alpha value is -4.60. The van der Waals surface area contributed by atoms with E-state index in [2.05, 4.69) is 5.10 Å². The van der Waals surface area contributed by atoms with Crippen LogP contribution in [0, 0.1) is 17.5 Å². The Morgan fingerprint density at radius 3 is 2.19 bits per heavy atom. The van der Waals surface area contributed by atoms with Gasteiger partial charge in [-0.2, -0.15) is 5.10 Å². The van der Waals surface area contributed by atoms with E-state index in [4.69, 9.17) is 14.2 Å². The summed E-state index contributed by atoms with van der Waals surface area (Å²) in [5.41, 5.74) is 0.0694. The number of hydrogen-bond acceptors (Lipinski definition) is 6. The summed E-state index contributed by atoms with van der Waals surface area (Å²) >= 11 is 0. The van der Waals surface area contributed by atoms with Gasteiger partial charge in [-0.15, -0.1) is 0 Å². The number of hydrogen-bond donors (Lipinski definition) is 0. The number of methoxy groups -OCH3 is 2. The highest BCUT2D eigenvalue weighted by Crippen LogP contribution is 2.36. The van der Waals surface area contributed by atoms with Crippen LogP contribution in [0.4, 0.5) is 13.2 Å². The van der Waals surface area contributed by atoms with E-state index in [1.807, 2.05) is 0 Å². The van der Waals surface area contributed by atoms with E-state index in [9.17, 15) is 22.8 Å². The number of esters is 2. The first-order valence-electron chi connectivity index (χ1n) is 10.6. The first kappa shape index (κ1) is 24.5. The Bertz CT molecular complexity index is 1440. The van der Waals surface area contributed by atoms with Crippen LogP contribution in [0.15, 0.2) is 66.7 Å². The Kier molecular flexibility index (Phi) is 7.05. The lowest BCUT2D eigenvalue weighted by Crippen LogP contribution is -2.15. The van der Waals surface area contributed by atoms with Gasteiger partial charge in [0.1, 0.15) is 41.1 Å². The van der Waals surface area contributed by atoms with Crippen LogP contribution < -0.4 is 4.74 Å². The molecule has 0 radical (unpaired) electrons. The fourth-order valence-electron chi connectivity index (χ4n) is 3.55. The molecule has 36 heavy (non-hydrogen) atoms. The molecule has 184 valence electrons. The first-order chi connectivity index (χ1) is 17.3. The van der Waals surface area contributed by atoms with Crippen LogP contribution in [0.2, 0.25) is 0 Å². The molecule has 0 amide bonds. The summed E-state index contributed by atoms with van der Waals surface area (Å²) in [5, 5.41) is 4.45. The molecule has 0 aliphatic carbocycles. The van der Waals surface area contributed by atoms with Crippen LogP contribution in [0.1, 0.15) is 26.4 Å². The van der Waals surface area contributed by atoms with Crippen molar-refractivity contribution >= 4 is 11.9 Å². The third kappa shape index (κ3) is 4.78. The summed E-state index contributed by atoms with van der Waals surface area (Å²) in [6.45, 7) is -0.376. The molecule has 1 aromatic heterocycles. The lowest BCUT2D eigenvalue weighted by molar-refractivity contribution is 0.0549. The van der Waals surface area contributed by atoms with Crippen LogP contribution in [0.25, 0.3) is 16.9 Å². The minimum atomic E-state index is -0.896. The summed E-state index contributed by atoms with van der Waals surface area (Å²) in [4.78, 5) is 25.6. The van der Waals surface area contributed by atoms with E-state index in [1.54, 1.807) is 30.3 Å². The van der Waals surface area contributed by atoms with Crippen molar-refractivity contribution in [2.45, 2.75) is 6.61 Å². The van der Waals surface area contributed by atoms with Gasteiger partial charge >= 0.3 is 11.9 Å². The quantitative estimate of drug-likeness (QED) is 0.331. The van der Waals surface area contributed by atoms with Gasteiger partial charge in [0.2, 0.25) is 0 Å². The molecule has 0 saturated carbocycles. The second-order valence-electron chi connectivity index (χ2n) is 7.47.